The van der Waals surface area contributed by atoms with Crippen LogP contribution in [0.25, 0.3) is 0 Å². The summed E-state index contributed by atoms with van der Waals surface area (Å²) in [6.07, 6.45) is 3.31. The lowest BCUT2D eigenvalue weighted by Crippen LogP contribution is -2.43. The van der Waals surface area contributed by atoms with Crippen molar-refractivity contribution in [3.8, 4) is 0 Å². The number of nitrogens with zero attached hydrogens (tertiary/aromatic N) is 1. The molecule has 20 heavy (non-hydrogen) atoms. The average Bonchev–Trinajstić information content (AvgIpc) is 2.94. The molecule has 2 aliphatic rings. The summed E-state index contributed by atoms with van der Waals surface area (Å²) in [6.45, 7) is 5.27. The molecule has 1 unspecified atom stereocenters. The highest BCUT2D eigenvalue weighted by Gasteiger charge is 2.25. The van der Waals surface area contributed by atoms with Crippen LogP contribution >= 0.6 is 0 Å². The maximum atomic E-state index is 12.6. The molecule has 1 N–H and O–H groups in total. The Balaban J connectivity index is 1.72. The Morgan fingerprint density at radius 1 is 1.50 bits per heavy atom. The fourth-order valence-corrected chi connectivity index (χ4v) is 3.11. The number of nitrogens with one attached hydrogen (secondary N) is 1. The van der Waals surface area contributed by atoms with E-state index < -0.39 is 0 Å². The first-order chi connectivity index (χ1) is 9.78. The Hall–Kier alpha value is -1.55. The number of likely N-dealkylation sites (tertiary alicyclic amines) is 1. The fraction of sp³-hybridized carbons (Fsp3) is 0.562. The van der Waals surface area contributed by atoms with Crippen LogP contribution in [0, 0.1) is 0 Å². The minimum atomic E-state index is 0.143. The number of carbonyl (C=O) groups is 1. The zero-order chi connectivity index (χ0) is 13.9. The molecule has 2 heterocycles. The number of ether oxygens (including phenoxy) is 1. The minimum absolute atomic E-state index is 0.143. The maximum Gasteiger partial charge on any atom is 0.253 e. The van der Waals surface area contributed by atoms with Crippen molar-refractivity contribution in [1.82, 2.24) is 4.90 Å². The molecule has 1 fully saturated rings. The molecule has 4 nitrogen and oxygen atoms in total. The highest BCUT2D eigenvalue weighted by Crippen LogP contribution is 2.24. The van der Waals surface area contributed by atoms with Gasteiger partial charge in [-0.3, -0.25) is 4.79 Å². The second kappa shape index (κ2) is 5.83. The van der Waals surface area contributed by atoms with Gasteiger partial charge in [-0.05, 0) is 49.9 Å². The summed E-state index contributed by atoms with van der Waals surface area (Å²) in [5.41, 5.74) is 3.24. The van der Waals surface area contributed by atoms with Crippen molar-refractivity contribution < 1.29 is 9.53 Å². The van der Waals surface area contributed by atoms with Crippen molar-refractivity contribution in [2.75, 3.05) is 31.6 Å². The van der Waals surface area contributed by atoms with Crippen LogP contribution in [0.1, 0.15) is 35.7 Å². The third kappa shape index (κ3) is 2.66. The van der Waals surface area contributed by atoms with Gasteiger partial charge in [-0.2, -0.15) is 0 Å². The van der Waals surface area contributed by atoms with Crippen LogP contribution in [0.4, 0.5) is 5.69 Å². The number of amides is 1. The Kier molecular flexibility index (Phi) is 3.92. The highest BCUT2D eigenvalue weighted by atomic mass is 16.5. The molecule has 1 atom stereocenters. The van der Waals surface area contributed by atoms with Gasteiger partial charge in [0.25, 0.3) is 5.91 Å². The van der Waals surface area contributed by atoms with E-state index in [9.17, 15) is 4.79 Å². The number of hydrogen-bond acceptors (Lipinski definition) is 3. The molecule has 0 saturated carbocycles. The normalized spacial score (nSPS) is 21.4. The van der Waals surface area contributed by atoms with Crippen molar-refractivity contribution in [3.63, 3.8) is 0 Å². The summed E-state index contributed by atoms with van der Waals surface area (Å²) < 4.78 is 5.67. The first-order valence-corrected chi connectivity index (χ1v) is 7.55. The molecular weight excluding hydrogens is 252 g/mol. The molecule has 0 aliphatic carbocycles. The third-order valence-corrected chi connectivity index (χ3v) is 4.13. The van der Waals surface area contributed by atoms with Crippen LogP contribution in [0.5, 0.6) is 0 Å². The molecule has 1 amide bonds. The van der Waals surface area contributed by atoms with Crippen molar-refractivity contribution in [2.45, 2.75) is 32.3 Å². The number of piperidine rings is 1. The van der Waals surface area contributed by atoms with Crippen molar-refractivity contribution >= 4 is 11.6 Å². The smallest absolute Gasteiger partial charge is 0.253 e. The van der Waals surface area contributed by atoms with Gasteiger partial charge in [0.15, 0.2) is 0 Å². The summed E-state index contributed by atoms with van der Waals surface area (Å²) >= 11 is 0. The van der Waals surface area contributed by atoms with Crippen molar-refractivity contribution in [1.29, 1.82) is 0 Å². The van der Waals surface area contributed by atoms with E-state index in [-0.39, 0.29) is 12.0 Å². The van der Waals surface area contributed by atoms with E-state index in [1.807, 2.05) is 30.0 Å². The van der Waals surface area contributed by atoms with Crippen molar-refractivity contribution in [3.05, 3.63) is 29.3 Å². The van der Waals surface area contributed by atoms with Gasteiger partial charge in [-0.1, -0.05) is 0 Å². The van der Waals surface area contributed by atoms with Gasteiger partial charge >= 0.3 is 0 Å². The van der Waals surface area contributed by atoms with Crippen molar-refractivity contribution in [2.24, 2.45) is 0 Å². The topological polar surface area (TPSA) is 41.6 Å². The van der Waals surface area contributed by atoms with Gasteiger partial charge in [0.05, 0.1) is 6.10 Å². The van der Waals surface area contributed by atoms with Crippen LogP contribution in [-0.2, 0) is 11.2 Å². The number of rotatable bonds is 3. The van der Waals surface area contributed by atoms with Crippen LogP contribution in [0.2, 0.25) is 0 Å². The summed E-state index contributed by atoms with van der Waals surface area (Å²) in [5.74, 6) is 0.143. The van der Waals surface area contributed by atoms with Gasteiger partial charge in [0.2, 0.25) is 0 Å². The second-order valence-electron chi connectivity index (χ2n) is 5.52. The summed E-state index contributed by atoms with van der Waals surface area (Å²) in [5, 5.41) is 3.32. The summed E-state index contributed by atoms with van der Waals surface area (Å²) in [6, 6.07) is 6.01. The van der Waals surface area contributed by atoms with E-state index in [1.54, 1.807) is 0 Å². The van der Waals surface area contributed by atoms with Crippen LogP contribution in [0.15, 0.2) is 18.2 Å². The molecule has 0 aromatic heterocycles. The van der Waals surface area contributed by atoms with E-state index in [4.69, 9.17) is 4.74 Å². The van der Waals surface area contributed by atoms with Gasteiger partial charge in [-0.15, -0.1) is 0 Å². The third-order valence-electron chi connectivity index (χ3n) is 4.13. The standard InChI is InChI=1S/C16H22N2O2/c1-2-20-14-4-3-9-18(11-14)16(19)13-5-6-15-12(10-13)7-8-17-15/h5-6,10,14,17H,2-4,7-9,11H2,1H3. The predicted molar refractivity (Wildman–Crippen MR) is 79.2 cm³/mol. The number of benzene rings is 1. The molecule has 0 spiro atoms. The Morgan fingerprint density at radius 3 is 3.25 bits per heavy atom. The lowest BCUT2D eigenvalue weighted by atomic mass is 10.0. The average molecular weight is 274 g/mol. The van der Waals surface area contributed by atoms with E-state index in [2.05, 4.69) is 5.32 Å². The van der Waals surface area contributed by atoms with E-state index >= 15 is 0 Å². The van der Waals surface area contributed by atoms with Crippen LogP contribution < -0.4 is 5.32 Å². The number of hydrogen-bond donors (Lipinski definition) is 1. The minimum Gasteiger partial charge on any atom is -0.384 e. The zero-order valence-electron chi connectivity index (χ0n) is 12.0. The number of fused-ring (bicyclic) bond motifs is 1. The van der Waals surface area contributed by atoms with Gasteiger partial charge in [-0.25, -0.2) is 0 Å². The second-order valence-corrected chi connectivity index (χ2v) is 5.52. The monoisotopic (exact) mass is 274 g/mol. The quantitative estimate of drug-likeness (QED) is 0.919. The molecule has 108 valence electrons. The maximum absolute atomic E-state index is 12.6. The van der Waals surface area contributed by atoms with E-state index in [1.165, 1.54) is 11.3 Å². The molecule has 1 saturated heterocycles. The molecule has 3 rings (SSSR count). The molecule has 4 heteroatoms. The number of carbonyl (C=O) groups excluding carboxylic acids is 1. The fourth-order valence-electron chi connectivity index (χ4n) is 3.11. The van der Waals surface area contributed by atoms with E-state index in [0.29, 0.717) is 0 Å². The van der Waals surface area contributed by atoms with Gasteiger partial charge in [0.1, 0.15) is 0 Å². The van der Waals surface area contributed by atoms with Crippen LogP contribution in [0.3, 0.4) is 0 Å². The first kappa shape index (κ1) is 13.4. The molecule has 1 aromatic rings. The lowest BCUT2D eigenvalue weighted by molar-refractivity contribution is 0.00724. The first-order valence-electron chi connectivity index (χ1n) is 7.55. The Bertz CT molecular complexity index is 499. The van der Waals surface area contributed by atoms with E-state index in [0.717, 1.165) is 51.1 Å². The predicted octanol–water partition coefficient (Wildman–Crippen LogP) is 2.30. The Morgan fingerprint density at radius 2 is 2.40 bits per heavy atom. The summed E-state index contributed by atoms with van der Waals surface area (Å²) in [4.78, 5) is 14.5. The van der Waals surface area contributed by atoms with Gasteiger partial charge in [0, 0.05) is 37.5 Å². The molecule has 0 bridgehead atoms. The largest absolute Gasteiger partial charge is 0.384 e. The molecule has 1 aromatic carbocycles. The highest BCUT2D eigenvalue weighted by molar-refractivity contribution is 5.95. The van der Waals surface area contributed by atoms with Gasteiger partial charge < -0.3 is 15.0 Å². The summed E-state index contributed by atoms with van der Waals surface area (Å²) in [7, 11) is 0. The lowest BCUT2D eigenvalue weighted by Gasteiger charge is -2.32. The SMILES string of the molecule is CCOC1CCCN(C(=O)c2ccc3c(c2)CCN3)C1. The molecule has 2 aliphatic heterocycles. The molecule has 0 radical (unpaired) electrons. The molecular formula is C16H22N2O2. The van der Waals surface area contributed by atoms with Crippen LogP contribution in [-0.4, -0.2) is 43.2 Å². The zero-order valence-corrected chi connectivity index (χ0v) is 12.0. The Labute approximate surface area is 120 Å². The number of anilines is 1.